The number of carbonyl (C=O) groups excluding carboxylic acids is 2. The van der Waals surface area contributed by atoms with Crippen molar-refractivity contribution in [3.8, 4) is 0 Å². The molecule has 2 heterocycles. The van der Waals surface area contributed by atoms with Crippen molar-refractivity contribution in [1.29, 1.82) is 0 Å². The molecule has 3 rings (SSSR count). The number of benzene rings is 1. The maximum Gasteiger partial charge on any atom is 0.321 e. The topological polar surface area (TPSA) is 64.7 Å². The van der Waals surface area contributed by atoms with Gasteiger partial charge in [-0.3, -0.25) is 0 Å². The summed E-state index contributed by atoms with van der Waals surface area (Å²) < 4.78 is 26.7. The Morgan fingerprint density at radius 3 is 2.61 bits per heavy atom. The predicted molar refractivity (Wildman–Crippen MR) is 80.1 cm³/mol. The number of rotatable bonds is 2. The van der Waals surface area contributed by atoms with E-state index in [9.17, 15) is 18.4 Å². The highest BCUT2D eigenvalue weighted by atomic mass is 19.2. The molecule has 0 bridgehead atoms. The minimum Gasteiger partial charge on any atom is -0.336 e. The number of nitrogens with one attached hydrogen (secondary N) is 2. The molecule has 0 aliphatic carbocycles. The van der Waals surface area contributed by atoms with Crippen molar-refractivity contribution in [3.63, 3.8) is 0 Å². The number of urea groups is 2. The number of anilines is 1. The molecular weight excluding hydrogens is 306 g/mol. The minimum atomic E-state index is -1.07. The highest BCUT2D eigenvalue weighted by Crippen LogP contribution is 2.21. The van der Waals surface area contributed by atoms with Gasteiger partial charge in [0.05, 0.1) is 5.69 Å². The number of hydrogen-bond donors (Lipinski definition) is 2. The molecule has 4 amide bonds. The van der Waals surface area contributed by atoms with Gasteiger partial charge in [0.2, 0.25) is 0 Å². The smallest absolute Gasteiger partial charge is 0.321 e. The standard InChI is InChI=1S/C15H18F2N4O2/c16-11-2-1-3-12(13(11)17)19-15(23)20-7-4-10(5-8-20)21-9-6-18-14(21)22/h1-3,10H,4-9H2,(H,18,22)(H,19,23). The molecule has 2 aliphatic rings. The van der Waals surface area contributed by atoms with E-state index in [2.05, 4.69) is 10.6 Å². The first-order valence-electron chi connectivity index (χ1n) is 7.60. The van der Waals surface area contributed by atoms with E-state index in [1.54, 1.807) is 9.80 Å². The molecule has 0 radical (unpaired) electrons. The molecule has 0 aromatic heterocycles. The third-order valence-electron chi connectivity index (χ3n) is 4.28. The summed E-state index contributed by atoms with van der Waals surface area (Å²) >= 11 is 0. The minimum absolute atomic E-state index is 0.0604. The lowest BCUT2D eigenvalue weighted by molar-refractivity contribution is 0.146. The number of likely N-dealkylation sites (tertiary alicyclic amines) is 1. The molecule has 0 spiro atoms. The van der Waals surface area contributed by atoms with Crippen molar-refractivity contribution >= 4 is 17.7 Å². The Labute approximate surface area is 132 Å². The van der Waals surface area contributed by atoms with Crippen LogP contribution in [0, 0.1) is 11.6 Å². The van der Waals surface area contributed by atoms with Crippen LogP contribution in [0.5, 0.6) is 0 Å². The molecule has 0 saturated carbocycles. The molecule has 8 heteroatoms. The van der Waals surface area contributed by atoms with Crippen molar-refractivity contribution in [2.75, 3.05) is 31.5 Å². The van der Waals surface area contributed by atoms with Gasteiger partial charge in [0.1, 0.15) is 0 Å². The Morgan fingerprint density at radius 1 is 1.22 bits per heavy atom. The fourth-order valence-electron chi connectivity index (χ4n) is 3.01. The van der Waals surface area contributed by atoms with Crippen LogP contribution in [0.15, 0.2) is 18.2 Å². The number of halogens is 2. The van der Waals surface area contributed by atoms with E-state index < -0.39 is 17.7 Å². The molecule has 2 fully saturated rings. The van der Waals surface area contributed by atoms with Gasteiger partial charge in [-0.25, -0.2) is 18.4 Å². The lowest BCUT2D eigenvalue weighted by Crippen LogP contribution is -2.48. The molecular formula is C15H18F2N4O2. The summed E-state index contributed by atoms with van der Waals surface area (Å²) in [5.74, 6) is -2.06. The Morgan fingerprint density at radius 2 is 1.96 bits per heavy atom. The van der Waals surface area contributed by atoms with Gasteiger partial charge in [-0.1, -0.05) is 6.07 Å². The molecule has 0 atom stereocenters. The summed E-state index contributed by atoms with van der Waals surface area (Å²) in [5.41, 5.74) is -0.170. The SMILES string of the molecule is O=C(Nc1cccc(F)c1F)N1CCC(N2CCNC2=O)CC1. The Bertz CT molecular complexity index is 617. The normalized spacial score (nSPS) is 19.0. The second-order valence-electron chi connectivity index (χ2n) is 5.68. The highest BCUT2D eigenvalue weighted by Gasteiger charge is 2.32. The Balaban J connectivity index is 1.56. The number of amides is 4. The summed E-state index contributed by atoms with van der Waals surface area (Å²) in [6.45, 7) is 2.27. The van der Waals surface area contributed by atoms with Gasteiger partial charge < -0.3 is 20.4 Å². The van der Waals surface area contributed by atoms with Gasteiger partial charge in [-0.2, -0.15) is 0 Å². The van der Waals surface area contributed by atoms with Gasteiger partial charge in [0, 0.05) is 32.2 Å². The van der Waals surface area contributed by atoms with Crippen molar-refractivity contribution in [2.24, 2.45) is 0 Å². The second-order valence-corrected chi connectivity index (χ2v) is 5.68. The molecule has 2 saturated heterocycles. The van der Waals surface area contributed by atoms with Crippen LogP contribution >= 0.6 is 0 Å². The first-order chi connectivity index (χ1) is 11.1. The van der Waals surface area contributed by atoms with Crippen LogP contribution in [0.3, 0.4) is 0 Å². The van der Waals surface area contributed by atoms with E-state index in [1.807, 2.05) is 0 Å². The van der Waals surface area contributed by atoms with E-state index in [0.717, 1.165) is 6.07 Å². The van der Waals surface area contributed by atoms with Crippen LogP contribution in [0.1, 0.15) is 12.8 Å². The molecule has 2 N–H and O–H groups in total. The number of piperidine rings is 1. The van der Waals surface area contributed by atoms with Crippen LogP contribution in [0.2, 0.25) is 0 Å². The summed E-state index contributed by atoms with van der Waals surface area (Å²) in [5, 5.41) is 5.15. The predicted octanol–water partition coefficient (Wildman–Crippen LogP) is 1.99. The first kappa shape index (κ1) is 15.5. The van der Waals surface area contributed by atoms with Crippen molar-refractivity contribution in [2.45, 2.75) is 18.9 Å². The second kappa shape index (κ2) is 6.39. The maximum absolute atomic E-state index is 13.6. The van der Waals surface area contributed by atoms with Crippen LogP contribution in [0.25, 0.3) is 0 Å². The monoisotopic (exact) mass is 324 g/mol. The molecule has 23 heavy (non-hydrogen) atoms. The van der Waals surface area contributed by atoms with E-state index in [1.165, 1.54) is 12.1 Å². The van der Waals surface area contributed by atoms with E-state index in [4.69, 9.17) is 0 Å². The quantitative estimate of drug-likeness (QED) is 0.874. The van der Waals surface area contributed by atoms with Gasteiger partial charge in [0.15, 0.2) is 11.6 Å². The molecule has 6 nitrogen and oxygen atoms in total. The van der Waals surface area contributed by atoms with Crippen LogP contribution in [-0.2, 0) is 0 Å². The van der Waals surface area contributed by atoms with Gasteiger partial charge in [0.25, 0.3) is 0 Å². The number of carbonyl (C=O) groups is 2. The zero-order valence-corrected chi connectivity index (χ0v) is 12.5. The van der Waals surface area contributed by atoms with Crippen LogP contribution in [-0.4, -0.2) is 54.1 Å². The summed E-state index contributed by atoms with van der Waals surface area (Å²) in [7, 11) is 0. The fraction of sp³-hybridized carbons (Fsp3) is 0.467. The lowest BCUT2D eigenvalue weighted by atomic mass is 10.0. The average Bonchev–Trinajstić information content (AvgIpc) is 2.98. The summed E-state index contributed by atoms with van der Waals surface area (Å²) in [6.07, 6.45) is 1.35. The number of nitrogens with zero attached hydrogens (tertiary/aromatic N) is 2. The Hall–Kier alpha value is -2.38. The van der Waals surface area contributed by atoms with Crippen molar-refractivity contribution in [3.05, 3.63) is 29.8 Å². The van der Waals surface area contributed by atoms with Gasteiger partial charge in [-0.15, -0.1) is 0 Å². The molecule has 124 valence electrons. The van der Waals surface area contributed by atoms with Crippen LogP contribution < -0.4 is 10.6 Å². The fourth-order valence-corrected chi connectivity index (χ4v) is 3.01. The molecule has 0 unspecified atom stereocenters. The summed E-state index contributed by atoms with van der Waals surface area (Å²) in [6, 6.07) is 3.25. The zero-order chi connectivity index (χ0) is 16.4. The van der Waals surface area contributed by atoms with E-state index in [0.29, 0.717) is 39.0 Å². The lowest BCUT2D eigenvalue weighted by Gasteiger charge is -2.36. The van der Waals surface area contributed by atoms with Gasteiger partial charge in [-0.05, 0) is 25.0 Å². The third kappa shape index (κ3) is 3.20. The van der Waals surface area contributed by atoms with Crippen molar-refractivity contribution < 1.29 is 18.4 Å². The highest BCUT2D eigenvalue weighted by molar-refractivity contribution is 5.89. The van der Waals surface area contributed by atoms with E-state index >= 15 is 0 Å². The first-order valence-corrected chi connectivity index (χ1v) is 7.60. The molecule has 2 aliphatic heterocycles. The van der Waals surface area contributed by atoms with Crippen molar-refractivity contribution in [1.82, 2.24) is 15.1 Å². The number of hydrogen-bond acceptors (Lipinski definition) is 2. The average molecular weight is 324 g/mol. The maximum atomic E-state index is 13.6. The third-order valence-corrected chi connectivity index (χ3v) is 4.28. The zero-order valence-electron chi connectivity index (χ0n) is 12.5. The largest absolute Gasteiger partial charge is 0.336 e. The Kier molecular flexibility index (Phi) is 4.31. The van der Waals surface area contributed by atoms with Crippen LogP contribution in [0.4, 0.5) is 24.1 Å². The molecule has 1 aromatic rings. The van der Waals surface area contributed by atoms with E-state index in [-0.39, 0.29) is 17.8 Å². The molecule has 1 aromatic carbocycles. The van der Waals surface area contributed by atoms with Gasteiger partial charge >= 0.3 is 12.1 Å². The summed E-state index contributed by atoms with van der Waals surface area (Å²) in [4.78, 5) is 27.1.